The second kappa shape index (κ2) is 7.69. The highest BCUT2D eigenvalue weighted by Gasteiger charge is 1.95. The molecule has 0 aromatic heterocycles. The summed E-state index contributed by atoms with van der Waals surface area (Å²) in [5, 5.41) is 12.2. The number of aliphatic hydroxyl groups excluding tert-OH is 1. The van der Waals surface area contributed by atoms with E-state index in [1.807, 2.05) is 0 Å². The van der Waals surface area contributed by atoms with E-state index in [4.69, 9.17) is 5.11 Å². The molecule has 2 N–H and O–H groups in total. The van der Waals surface area contributed by atoms with Gasteiger partial charge in [-0.15, -0.1) is 12.4 Å². The Hall–Kier alpha value is -0.570. The van der Waals surface area contributed by atoms with Crippen LogP contribution < -0.4 is 5.32 Å². The minimum atomic E-state index is -0.273. The lowest BCUT2D eigenvalue weighted by atomic mass is 10.1. The van der Waals surface area contributed by atoms with Crippen LogP contribution in [0.4, 0.5) is 0 Å². The van der Waals surface area contributed by atoms with Gasteiger partial charge in [0.1, 0.15) is 0 Å². The molecular formula is C12H20ClNO. The van der Waals surface area contributed by atoms with Crippen LogP contribution in [0.15, 0.2) is 24.3 Å². The van der Waals surface area contributed by atoms with Crippen molar-refractivity contribution in [2.24, 2.45) is 0 Å². The zero-order chi connectivity index (χ0) is 10.4. The smallest absolute Gasteiger partial charge is 0.0636 e. The summed E-state index contributed by atoms with van der Waals surface area (Å²) in [6.45, 7) is 5.41. The fourth-order valence-electron chi connectivity index (χ4n) is 1.32. The number of hydrogen-bond donors (Lipinski definition) is 2. The molecule has 86 valence electrons. The van der Waals surface area contributed by atoms with Crippen molar-refractivity contribution >= 4 is 12.4 Å². The molecule has 1 unspecified atom stereocenters. The molecule has 0 aliphatic carbocycles. The van der Waals surface area contributed by atoms with Crippen LogP contribution in [0.2, 0.25) is 0 Å². The Morgan fingerprint density at radius 3 is 2.20 bits per heavy atom. The van der Waals surface area contributed by atoms with Gasteiger partial charge in [-0.05, 0) is 24.5 Å². The molecular weight excluding hydrogens is 210 g/mol. The SMILES string of the molecule is CCc1ccc(CNCC(C)O)cc1.Cl. The number of nitrogens with one attached hydrogen (secondary N) is 1. The molecule has 0 bridgehead atoms. The Kier molecular flexibility index (Phi) is 7.39. The summed E-state index contributed by atoms with van der Waals surface area (Å²) in [5.74, 6) is 0. The Balaban J connectivity index is 0.00000196. The normalized spacial score (nSPS) is 11.9. The van der Waals surface area contributed by atoms with Gasteiger partial charge in [-0.2, -0.15) is 0 Å². The summed E-state index contributed by atoms with van der Waals surface area (Å²) in [4.78, 5) is 0. The van der Waals surface area contributed by atoms with Crippen LogP contribution in [0, 0.1) is 0 Å². The largest absolute Gasteiger partial charge is 0.392 e. The third-order valence-electron chi connectivity index (χ3n) is 2.20. The van der Waals surface area contributed by atoms with Crippen molar-refractivity contribution in [2.75, 3.05) is 6.54 Å². The predicted octanol–water partition coefficient (Wildman–Crippen LogP) is 2.14. The Morgan fingerprint density at radius 1 is 1.20 bits per heavy atom. The average molecular weight is 230 g/mol. The van der Waals surface area contributed by atoms with Crippen molar-refractivity contribution < 1.29 is 5.11 Å². The number of aliphatic hydroxyl groups is 1. The summed E-state index contributed by atoms with van der Waals surface area (Å²) in [6, 6.07) is 8.57. The first-order chi connectivity index (χ1) is 6.72. The van der Waals surface area contributed by atoms with Crippen molar-refractivity contribution in [1.82, 2.24) is 5.32 Å². The first kappa shape index (κ1) is 14.4. The van der Waals surface area contributed by atoms with Gasteiger partial charge in [-0.3, -0.25) is 0 Å². The van der Waals surface area contributed by atoms with Crippen LogP contribution in [0.5, 0.6) is 0 Å². The zero-order valence-corrected chi connectivity index (χ0v) is 10.2. The number of halogens is 1. The summed E-state index contributed by atoms with van der Waals surface area (Å²) in [7, 11) is 0. The molecule has 1 aromatic carbocycles. The van der Waals surface area contributed by atoms with E-state index in [0.717, 1.165) is 13.0 Å². The van der Waals surface area contributed by atoms with Gasteiger partial charge in [0.05, 0.1) is 6.10 Å². The van der Waals surface area contributed by atoms with E-state index >= 15 is 0 Å². The van der Waals surface area contributed by atoms with Gasteiger partial charge in [0.15, 0.2) is 0 Å². The van der Waals surface area contributed by atoms with E-state index < -0.39 is 0 Å². The van der Waals surface area contributed by atoms with Crippen molar-refractivity contribution in [3.63, 3.8) is 0 Å². The van der Waals surface area contributed by atoms with Gasteiger partial charge in [0.2, 0.25) is 0 Å². The number of rotatable bonds is 5. The summed E-state index contributed by atoms with van der Waals surface area (Å²) >= 11 is 0. The molecule has 0 saturated carbocycles. The number of hydrogen-bond acceptors (Lipinski definition) is 2. The van der Waals surface area contributed by atoms with Crippen LogP contribution in [0.1, 0.15) is 25.0 Å². The van der Waals surface area contributed by atoms with Crippen LogP contribution >= 0.6 is 12.4 Å². The van der Waals surface area contributed by atoms with E-state index in [1.165, 1.54) is 11.1 Å². The van der Waals surface area contributed by atoms with Gasteiger partial charge in [-0.25, -0.2) is 0 Å². The maximum Gasteiger partial charge on any atom is 0.0636 e. The van der Waals surface area contributed by atoms with Crippen molar-refractivity contribution in [1.29, 1.82) is 0 Å². The predicted molar refractivity (Wildman–Crippen MR) is 66.5 cm³/mol. The molecule has 1 rings (SSSR count). The third-order valence-corrected chi connectivity index (χ3v) is 2.20. The molecule has 0 heterocycles. The third kappa shape index (κ3) is 5.78. The van der Waals surface area contributed by atoms with E-state index in [9.17, 15) is 0 Å². The maximum absolute atomic E-state index is 9.05. The van der Waals surface area contributed by atoms with Crippen molar-refractivity contribution in [3.8, 4) is 0 Å². The molecule has 15 heavy (non-hydrogen) atoms. The first-order valence-electron chi connectivity index (χ1n) is 5.19. The highest BCUT2D eigenvalue weighted by molar-refractivity contribution is 5.85. The van der Waals surface area contributed by atoms with Gasteiger partial charge in [0, 0.05) is 13.1 Å². The quantitative estimate of drug-likeness (QED) is 0.811. The zero-order valence-electron chi connectivity index (χ0n) is 9.36. The minimum absolute atomic E-state index is 0. The molecule has 0 aliphatic rings. The molecule has 0 aliphatic heterocycles. The lowest BCUT2D eigenvalue weighted by Gasteiger charge is -2.07. The van der Waals surface area contributed by atoms with E-state index in [-0.39, 0.29) is 18.5 Å². The molecule has 2 nitrogen and oxygen atoms in total. The molecule has 0 radical (unpaired) electrons. The van der Waals surface area contributed by atoms with Crippen LogP contribution in [0.25, 0.3) is 0 Å². The van der Waals surface area contributed by atoms with E-state index in [0.29, 0.717) is 6.54 Å². The topological polar surface area (TPSA) is 32.3 Å². The van der Waals surface area contributed by atoms with Gasteiger partial charge >= 0.3 is 0 Å². The highest BCUT2D eigenvalue weighted by Crippen LogP contribution is 2.04. The summed E-state index contributed by atoms with van der Waals surface area (Å²) in [6.07, 6.45) is 0.811. The fraction of sp³-hybridized carbons (Fsp3) is 0.500. The molecule has 0 spiro atoms. The maximum atomic E-state index is 9.05. The van der Waals surface area contributed by atoms with E-state index in [2.05, 4.69) is 36.5 Å². The molecule has 3 heteroatoms. The molecule has 0 fully saturated rings. The number of benzene rings is 1. The first-order valence-corrected chi connectivity index (χ1v) is 5.19. The Bertz CT molecular complexity index is 259. The standard InChI is InChI=1S/C12H19NO.ClH/c1-3-11-4-6-12(7-5-11)9-13-8-10(2)14;/h4-7,10,13-14H,3,8-9H2,1-2H3;1H. The second-order valence-electron chi connectivity index (χ2n) is 3.65. The Morgan fingerprint density at radius 2 is 1.73 bits per heavy atom. The molecule has 1 aromatic rings. The summed E-state index contributed by atoms with van der Waals surface area (Å²) < 4.78 is 0. The van der Waals surface area contributed by atoms with E-state index in [1.54, 1.807) is 6.92 Å². The van der Waals surface area contributed by atoms with Gasteiger partial charge in [0.25, 0.3) is 0 Å². The summed E-state index contributed by atoms with van der Waals surface area (Å²) in [5.41, 5.74) is 2.63. The molecule has 1 atom stereocenters. The second-order valence-corrected chi connectivity index (χ2v) is 3.65. The van der Waals surface area contributed by atoms with Gasteiger partial charge < -0.3 is 10.4 Å². The van der Waals surface area contributed by atoms with Crippen molar-refractivity contribution in [2.45, 2.75) is 32.9 Å². The molecule has 0 saturated heterocycles. The van der Waals surface area contributed by atoms with Crippen LogP contribution in [-0.4, -0.2) is 17.8 Å². The van der Waals surface area contributed by atoms with Crippen molar-refractivity contribution in [3.05, 3.63) is 35.4 Å². The highest BCUT2D eigenvalue weighted by atomic mass is 35.5. The van der Waals surface area contributed by atoms with Crippen LogP contribution in [0.3, 0.4) is 0 Å². The monoisotopic (exact) mass is 229 g/mol. The lowest BCUT2D eigenvalue weighted by Crippen LogP contribution is -2.23. The van der Waals surface area contributed by atoms with Crippen LogP contribution in [-0.2, 0) is 13.0 Å². The lowest BCUT2D eigenvalue weighted by molar-refractivity contribution is 0.191. The number of aryl methyl sites for hydroxylation is 1. The van der Waals surface area contributed by atoms with Gasteiger partial charge in [-0.1, -0.05) is 31.2 Å². The average Bonchev–Trinajstić information content (AvgIpc) is 2.18. The minimum Gasteiger partial charge on any atom is -0.392 e. The molecule has 0 amide bonds. The fourth-order valence-corrected chi connectivity index (χ4v) is 1.32. The Labute approximate surface area is 98.1 Å².